The van der Waals surface area contributed by atoms with Crippen LogP contribution in [0.2, 0.25) is 0 Å². The lowest BCUT2D eigenvalue weighted by Gasteiger charge is -2.11. The van der Waals surface area contributed by atoms with E-state index >= 15 is 0 Å². The van der Waals surface area contributed by atoms with Gasteiger partial charge in [0.25, 0.3) is 5.88 Å². The lowest BCUT2D eigenvalue weighted by molar-refractivity contribution is -0.0515. The first-order valence-corrected chi connectivity index (χ1v) is 8.18. The van der Waals surface area contributed by atoms with Gasteiger partial charge in [-0.1, -0.05) is 0 Å². The molecule has 0 aliphatic heterocycles. The second kappa shape index (κ2) is 6.80. The number of fused-ring (bicyclic) bond motifs is 1. The summed E-state index contributed by atoms with van der Waals surface area (Å²) in [5, 5.41) is 17.8. The van der Waals surface area contributed by atoms with Crippen molar-refractivity contribution in [2.45, 2.75) is 13.5 Å². The molecule has 0 aromatic carbocycles. The minimum Gasteiger partial charge on any atom is -0.494 e. The molecule has 2 N–H and O–H groups in total. The lowest BCUT2D eigenvalue weighted by atomic mass is 10.1. The number of rotatable bonds is 5. The summed E-state index contributed by atoms with van der Waals surface area (Å²) in [6, 6.07) is 4.82. The fourth-order valence-corrected chi connectivity index (χ4v) is 3.01. The maximum Gasteiger partial charge on any atom is 0.387 e. The summed E-state index contributed by atoms with van der Waals surface area (Å²) in [6.45, 7) is -1.19. The monoisotopic (exact) mass is 387 g/mol. The smallest absolute Gasteiger partial charge is 0.387 e. The van der Waals surface area contributed by atoms with Gasteiger partial charge in [0.1, 0.15) is 5.82 Å². The number of ether oxygens (including phenoxy) is 2. The van der Waals surface area contributed by atoms with Crippen LogP contribution in [0.5, 0.6) is 17.5 Å². The molecule has 10 heteroatoms. The second-order valence-corrected chi connectivity index (χ2v) is 5.96. The Labute approximate surface area is 157 Å². The molecule has 144 valence electrons. The summed E-state index contributed by atoms with van der Waals surface area (Å²) in [6.07, 6.45) is 4.68. The van der Waals surface area contributed by atoms with Crippen molar-refractivity contribution in [1.29, 1.82) is 0 Å². The van der Waals surface area contributed by atoms with Crippen LogP contribution < -0.4 is 9.47 Å². The summed E-state index contributed by atoms with van der Waals surface area (Å²) >= 11 is 0. The first-order chi connectivity index (χ1) is 13.5. The topological polar surface area (TPSA) is 98.1 Å². The SMILES string of the molecule is COc1ncc(-c2cc(C)c3c(O)n(-c4ccn[nH]4)cc3n2)cc1OC(F)F. The molecule has 0 amide bonds. The number of methoxy groups -OCH3 is 1. The minimum atomic E-state index is -3.01. The molecule has 4 rings (SSSR count). The van der Waals surface area contributed by atoms with Crippen LogP contribution in [0.3, 0.4) is 0 Å². The number of aromatic amines is 1. The second-order valence-electron chi connectivity index (χ2n) is 5.96. The summed E-state index contributed by atoms with van der Waals surface area (Å²) < 4.78 is 36.3. The van der Waals surface area contributed by atoms with Gasteiger partial charge in [0.2, 0.25) is 5.88 Å². The molecule has 0 saturated heterocycles. The van der Waals surface area contributed by atoms with Crippen molar-refractivity contribution in [2.75, 3.05) is 7.11 Å². The van der Waals surface area contributed by atoms with Crippen LogP contribution in [-0.2, 0) is 0 Å². The van der Waals surface area contributed by atoms with Gasteiger partial charge in [-0.05, 0) is 24.6 Å². The zero-order valence-corrected chi connectivity index (χ0v) is 14.8. The Kier molecular flexibility index (Phi) is 4.30. The molecule has 0 fully saturated rings. The first kappa shape index (κ1) is 17.7. The Morgan fingerprint density at radius 3 is 2.79 bits per heavy atom. The Morgan fingerprint density at radius 1 is 1.29 bits per heavy atom. The molecule has 0 aliphatic rings. The van der Waals surface area contributed by atoms with Gasteiger partial charge in [0.05, 0.1) is 29.9 Å². The highest BCUT2D eigenvalue weighted by atomic mass is 19.3. The number of halogens is 2. The van der Waals surface area contributed by atoms with E-state index in [-0.39, 0.29) is 17.5 Å². The highest BCUT2D eigenvalue weighted by Gasteiger charge is 2.18. The molecule has 0 atom stereocenters. The van der Waals surface area contributed by atoms with Crippen molar-refractivity contribution >= 4 is 10.9 Å². The molecule has 4 heterocycles. The number of hydrogen-bond acceptors (Lipinski definition) is 6. The lowest BCUT2D eigenvalue weighted by Crippen LogP contribution is -2.04. The average Bonchev–Trinajstić information content (AvgIpc) is 3.29. The first-order valence-electron chi connectivity index (χ1n) is 8.18. The van der Waals surface area contributed by atoms with Gasteiger partial charge in [-0.15, -0.1) is 0 Å². The van der Waals surface area contributed by atoms with Crippen LogP contribution in [-0.4, -0.2) is 43.6 Å². The molecule has 0 unspecified atom stereocenters. The number of nitrogens with one attached hydrogen (secondary N) is 1. The van der Waals surface area contributed by atoms with E-state index in [4.69, 9.17) is 4.74 Å². The van der Waals surface area contributed by atoms with Gasteiger partial charge in [-0.25, -0.2) is 9.97 Å². The Hall–Kier alpha value is -3.69. The standard InChI is InChI=1S/C18H15F2N5O3/c1-9-5-11(10-6-13(28-18(19)20)16(27-2)21-7-10)23-12-8-25(17(26)15(9)12)14-3-4-22-24-14/h3-8,18,26H,1-2H3,(H,22,24). The predicted octanol–water partition coefficient (Wildman–Crippen LogP) is 3.43. The number of nitrogens with zero attached hydrogens (tertiary/aromatic N) is 4. The van der Waals surface area contributed by atoms with Crippen LogP contribution in [0.25, 0.3) is 28.0 Å². The zero-order chi connectivity index (χ0) is 19.8. The molecule has 0 saturated carbocycles. The summed E-state index contributed by atoms with van der Waals surface area (Å²) in [4.78, 5) is 8.55. The van der Waals surface area contributed by atoms with Crippen molar-refractivity contribution < 1.29 is 23.4 Å². The van der Waals surface area contributed by atoms with Crippen molar-refractivity contribution in [3.05, 3.63) is 42.4 Å². The van der Waals surface area contributed by atoms with Gasteiger partial charge in [-0.3, -0.25) is 9.67 Å². The number of hydrogen-bond donors (Lipinski definition) is 2. The highest BCUT2D eigenvalue weighted by molar-refractivity contribution is 5.90. The number of H-pyrrole nitrogens is 1. The van der Waals surface area contributed by atoms with Gasteiger partial charge >= 0.3 is 6.61 Å². The molecule has 4 aromatic rings. The van der Waals surface area contributed by atoms with E-state index in [1.54, 1.807) is 24.5 Å². The van der Waals surface area contributed by atoms with Crippen LogP contribution in [0.4, 0.5) is 8.78 Å². The molecule has 4 aromatic heterocycles. The Morgan fingerprint density at radius 2 is 2.11 bits per heavy atom. The van der Waals surface area contributed by atoms with Crippen molar-refractivity contribution in [3.63, 3.8) is 0 Å². The summed E-state index contributed by atoms with van der Waals surface area (Å²) in [5.74, 6) is 0.359. The van der Waals surface area contributed by atoms with E-state index in [1.165, 1.54) is 23.9 Å². The molecule has 0 aliphatic carbocycles. The fraction of sp³-hybridized carbons (Fsp3) is 0.167. The third kappa shape index (κ3) is 2.98. The molecular weight excluding hydrogens is 372 g/mol. The van der Waals surface area contributed by atoms with Gasteiger partial charge in [0.15, 0.2) is 5.75 Å². The Bertz CT molecular complexity index is 1140. The summed E-state index contributed by atoms with van der Waals surface area (Å²) in [5.41, 5.74) is 2.23. The molecule has 0 radical (unpaired) electrons. The maximum absolute atomic E-state index is 12.7. The molecule has 28 heavy (non-hydrogen) atoms. The maximum atomic E-state index is 12.7. The number of aromatic nitrogens is 5. The minimum absolute atomic E-state index is 0.0189. The highest BCUT2D eigenvalue weighted by Crippen LogP contribution is 2.35. The Balaban J connectivity index is 1.84. The molecule has 0 bridgehead atoms. The number of alkyl halides is 2. The van der Waals surface area contributed by atoms with E-state index in [2.05, 4.69) is 24.9 Å². The van der Waals surface area contributed by atoms with Gasteiger partial charge < -0.3 is 14.6 Å². The van der Waals surface area contributed by atoms with E-state index in [9.17, 15) is 13.9 Å². The fourth-order valence-electron chi connectivity index (χ4n) is 3.01. The zero-order valence-electron chi connectivity index (χ0n) is 14.8. The largest absolute Gasteiger partial charge is 0.494 e. The third-order valence-corrected chi connectivity index (χ3v) is 4.22. The van der Waals surface area contributed by atoms with Crippen LogP contribution in [0, 0.1) is 6.92 Å². The number of aromatic hydroxyl groups is 1. The average molecular weight is 387 g/mol. The summed E-state index contributed by atoms with van der Waals surface area (Å²) in [7, 11) is 1.32. The van der Waals surface area contributed by atoms with Crippen molar-refractivity contribution in [3.8, 4) is 34.6 Å². The number of pyridine rings is 2. The molecular formula is C18H15F2N5O3. The van der Waals surface area contributed by atoms with E-state index in [1.807, 2.05) is 6.92 Å². The van der Waals surface area contributed by atoms with E-state index in [0.717, 1.165) is 5.56 Å². The van der Waals surface area contributed by atoms with Gasteiger partial charge in [-0.2, -0.15) is 13.9 Å². The molecule has 8 nitrogen and oxygen atoms in total. The van der Waals surface area contributed by atoms with Crippen molar-refractivity contribution in [1.82, 2.24) is 24.7 Å². The third-order valence-electron chi connectivity index (χ3n) is 4.22. The quantitative estimate of drug-likeness (QED) is 0.544. The van der Waals surface area contributed by atoms with E-state index < -0.39 is 6.61 Å². The van der Waals surface area contributed by atoms with Crippen molar-refractivity contribution in [2.24, 2.45) is 0 Å². The normalized spacial score (nSPS) is 11.3. The van der Waals surface area contributed by atoms with Crippen LogP contribution in [0.1, 0.15) is 5.56 Å². The van der Waals surface area contributed by atoms with Crippen LogP contribution >= 0.6 is 0 Å². The number of aryl methyl sites for hydroxylation is 1. The van der Waals surface area contributed by atoms with Gasteiger partial charge in [0, 0.05) is 24.0 Å². The predicted molar refractivity (Wildman–Crippen MR) is 96.0 cm³/mol. The molecule has 0 spiro atoms. The van der Waals surface area contributed by atoms with E-state index in [0.29, 0.717) is 28.0 Å². The van der Waals surface area contributed by atoms with Crippen LogP contribution in [0.15, 0.2) is 36.8 Å².